The predicted octanol–water partition coefficient (Wildman–Crippen LogP) is 3.05. The summed E-state index contributed by atoms with van der Waals surface area (Å²) in [7, 11) is 0. The third-order valence-corrected chi connectivity index (χ3v) is 4.95. The van der Waals surface area contributed by atoms with Crippen molar-refractivity contribution in [1.29, 1.82) is 0 Å². The Hall–Kier alpha value is -2.92. The number of anilines is 1. The lowest BCUT2D eigenvalue weighted by Gasteiger charge is -2.18. The van der Waals surface area contributed by atoms with E-state index >= 15 is 0 Å². The van der Waals surface area contributed by atoms with E-state index in [0.717, 1.165) is 36.0 Å². The Morgan fingerprint density at radius 2 is 2.11 bits per heavy atom. The molecule has 0 aromatic heterocycles. The number of nitro groups is 1. The number of allylic oxidation sites excluding steroid dienone is 1. The maximum Gasteiger partial charge on any atom is 0.273 e. The Bertz CT molecular complexity index is 952. The molecule has 27 heavy (non-hydrogen) atoms. The van der Waals surface area contributed by atoms with Crippen molar-refractivity contribution < 1.29 is 4.92 Å². The molecule has 1 aliphatic heterocycles. The van der Waals surface area contributed by atoms with Gasteiger partial charge >= 0.3 is 0 Å². The van der Waals surface area contributed by atoms with Gasteiger partial charge in [0.2, 0.25) is 0 Å². The number of hydrogen-bond donors (Lipinski definition) is 1. The van der Waals surface area contributed by atoms with Crippen LogP contribution in [-0.4, -0.2) is 29.0 Å². The summed E-state index contributed by atoms with van der Waals surface area (Å²) >= 11 is 0. The van der Waals surface area contributed by atoms with Crippen molar-refractivity contribution in [2.45, 2.75) is 25.9 Å². The molecule has 0 bridgehead atoms. The fourth-order valence-electron chi connectivity index (χ4n) is 3.64. The minimum absolute atomic E-state index is 0.197. The van der Waals surface area contributed by atoms with Gasteiger partial charge in [0.1, 0.15) is 0 Å². The zero-order chi connectivity index (χ0) is 19.2. The van der Waals surface area contributed by atoms with Crippen molar-refractivity contribution in [2.75, 3.05) is 18.4 Å². The molecule has 5 nitrogen and oxygen atoms in total. The molecule has 0 saturated carbocycles. The maximum absolute atomic E-state index is 11.2. The molecule has 1 fully saturated rings. The van der Waals surface area contributed by atoms with Crippen molar-refractivity contribution in [3.63, 3.8) is 0 Å². The van der Waals surface area contributed by atoms with Crippen molar-refractivity contribution in [3.8, 4) is 0 Å². The van der Waals surface area contributed by atoms with E-state index < -0.39 is 0 Å². The van der Waals surface area contributed by atoms with Crippen LogP contribution in [0.15, 0.2) is 55.1 Å². The molecule has 140 valence electrons. The summed E-state index contributed by atoms with van der Waals surface area (Å²) < 4.78 is 0. The number of nitro benzene ring substituents is 1. The average molecular weight is 363 g/mol. The second kappa shape index (κ2) is 8.64. The number of rotatable bonds is 6. The van der Waals surface area contributed by atoms with Crippen molar-refractivity contribution >= 4 is 23.5 Å². The quantitative estimate of drug-likeness (QED) is 0.633. The van der Waals surface area contributed by atoms with Crippen molar-refractivity contribution in [1.82, 2.24) is 4.90 Å². The molecule has 0 aliphatic carbocycles. The standard InChI is InChI=1S/C22H25N3O2/c1-3-8-20-17(4-2)10-7-11-21(20)23-19-13-14-24(16-19)15-18-9-5-6-12-22(18)25(26)27/h3-12,19,23H,1,13-16H2,2H3/b17-4-,20-8+. The van der Waals surface area contributed by atoms with Gasteiger partial charge in [-0.25, -0.2) is 0 Å². The molecule has 2 aromatic rings. The average Bonchev–Trinajstić information content (AvgIpc) is 3.10. The smallest absolute Gasteiger partial charge is 0.273 e. The van der Waals surface area contributed by atoms with E-state index in [4.69, 9.17) is 0 Å². The third kappa shape index (κ3) is 4.44. The van der Waals surface area contributed by atoms with Gasteiger partial charge in [-0.2, -0.15) is 0 Å². The molecule has 1 unspecified atom stereocenters. The number of benzene rings is 2. The highest BCUT2D eigenvalue weighted by atomic mass is 16.6. The van der Waals surface area contributed by atoms with Crippen LogP contribution in [0.3, 0.4) is 0 Å². The second-order valence-corrected chi connectivity index (χ2v) is 6.75. The molecule has 0 spiro atoms. The molecule has 1 saturated heterocycles. The molecule has 1 aliphatic rings. The highest BCUT2D eigenvalue weighted by Gasteiger charge is 2.24. The van der Waals surface area contributed by atoms with Crippen molar-refractivity contribution in [3.05, 3.63) is 81.2 Å². The first kappa shape index (κ1) is 18.9. The summed E-state index contributed by atoms with van der Waals surface area (Å²) in [4.78, 5) is 13.2. The van der Waals surface area contributed by atoms with Gasteiger partial charge in [0, 0.05) is 48.2 Å². The van der Waals surface area contributed by atoms with Gasteiger partial charge < -0.3 is 5.32 Å². The van der Waals surface area contributed by atoms with Gasteiger partial charge in [-0.05, 0) is 24.6 Å². The van der Waals surface area contributed by atoms with Crippen LogP contribution in [0.25, 0.3) is 12.2 Å². The normalized spacial score (nSPS) is 18.6. The van der Waals surface area contributed by atoms with Crippen LogP contribution < -0.4 is 15.8 Å². The molecular weight excluding hydrogens is 338 g/mol. The third-order valence-electron chi connectivity index (χ3n) is 4.95. The zero-order valence-corrected chi connectivity index (χ0v) is 15.6. The predicted molar refractivity (Wildman–Crippen MR) is 111 cm³/mol. The summed E-state index contributed by atoms with van der Waals surface area (Å²) in [5.74, 6) is 0. The molecule has 1 N–H and O–H groups in total. The van der Waals surface area contributed by atoms with Gasteiger partial charge in [0.25, 0.3) is 5.69 Å². The summed E-state index contributed by atoms with van der Waals surface area (Å²) in [5, 5.41) is 17.2. The second-order valence-electron chi connectivity index (χ2n) is 6.75. The van der Waals surface area contributed by atoms with Crippen LogP contribution in [0.4, 0.5) is 11.4 Å². The Morgan fingerprint density at radius 1 is 1.30 bits per heavy atom. The lowest BCUT2D eigenvalue weighted by molar-refractivity contribution is -0.385. The van der Waals surface area contributed by atoms with Crippen LogP contribution in [0.1, 0.15) is 18.9 Å². The fraction of sp³-hybridized carbons (Fsp3) is 0.273. The monoisotopic (exact) mass is 363 g/mol. The van der Waals surface area contributed by atoms with Gasteiger partial charge in [-0.3, -0.25) is 15.0 Å². The first-order valence-corrected chi connectivity index (χ1v) is 9.21. The number of para-hydroxylation sites is 1. The maximum atomic E-state index is 11.2. The van der Waals surface area contributed by atoms with E-state index in [1.165, 1.54) is 5.22 Å². The Balaban J connectivity index is 1.72. The molecule has 1 heterocycles. The number of nitrogens with one attached hydrogen (secondary N) is 1. The molecule has 2 aromatic carbocycles. The number of nitrogens with zero attached hydrogens (tertiary/aromatic N) is 2. The highest BCUT2D eigenvalue weighted by molar-refractivity contribution is 5.54. The van der Waals surface area contributed by atoms with Crippen LogP contribution in [0.2, 0.25) is 0 Å². The summed E-state index contributed by atoms with van der Waals surface area (Å²) in [6.45, 7) is 8.24. The Labute approximate surface area is 159 Å². The largest absolute Gasteiger partial charge is 0.380 e. The lowest BCUT2D eigenvalue weighted by atomic mass is 10.1. The van der Waals surface area contributed by atoms with Crippen LogP contribution in [0, 0.1) is 10.1 Å². The molecule has 1 atom stereocenters. The molecule has 3 rings (SSSR count). The summed E-state index contributed by atoms with van der Waals surface area (Å²) in [5.41, 5.74) is 2.07. The van der Waals surface area contributed by atoms with Crippen LogP contribution in [-0.2, 0) is 6.54 Å². The van der Waals surface area contributed by atoms with E-state index in [0.29, 0.717) is 12.6 Å². The van der Waals surface area contributed by atoms with E-state index in [9.17, 15) is 10.1 Å². The van der Waals surface area contributed by atoms with Crippen LogP contribution in [0.5, 0.6) is 0 Å². The number of likely N-dealkylation sites (tertiary alicyclic amines) is 1. The van der Waals surface area contributed by atoms with Gasteiger partial charge in [0.15, 0.2) is 0 Å². The fourth-order valence-corrected chi connectivity index (χ4v) is 3.64. The van der Waals surface area contributed by atoms with E-state index in [1.54, 1.807) is 12.1 Å². The highest BCUT2D eigenvalue weighted by Crippen LogP contribution is 2.22. The van der Waals surface area contributed by atoms with Crippen molar-refractivity contribution in [2.24, 2.45) is 0 Å². The summed E-state index contributed by atoms with van der Waals surface area (Å²) in [6.07, 6.45) is 6.94. The molecule has 0 amide bonds. The topological polar surface area (TPSA) is 58.4 Å². The molecule has 0 radical (unpaired) electrons. The Morgan fingerprint density at radius 3 is 2.85 bits per heavy atom. The molecule has 5 heteroatoms. The Kier molecular flexibility index (Phi) is 6.04. The summed E-state index contributed by atoms with van der Waals surface area (Å²) in [6, 6.07) is 13.5. The zero-order valence-electron chi connectivity index (χ0n) is 15.6. The van der Waals surface area contributed by atoms with E-state index in [1.807, 2.05) is 31.2 Å². The van der Waals surface area contributed by atoms with E-state index in [-0.39, 0.29) is 10.6 Å². The number of hydrogen-bond acceptors (Lipinski definition) is 4. The minimum Gasteiger partial charge on any atom is -0.380 e. The van der Waals surface area contributed by atoms with Gasteiger partial charge in [-0.1, -0.05) is 55.1 Å². The first-order chi connectivity index (χ1) is 13.1. The van der Waals surface area contributed by atoms with Gasteiger partial charge in [-0.15, -0.1) is 0 Å². The van der Waals surface area contributed by atoms with E-state index in [2.05, 4.69) is 41.1 Å². The molecular formula is C22H25N3O2. The lowest BCUT2D eigenvalue weighted by Crippen LogP contribution is -2.32. The van der Waals surface area contributed by atoms with Crippen LogP contribution >= 0.6 is 0 Å². The first-order valence-electron chi connectivity index (χ1n) is 9.21. The van der Waals surface area contributed by atoms with Gasteiger partial charge in [0.05, 0.1) is 4.92 Å². The minimum atomic E-state index is -0.300. The SMILES string of the molecule is C=C/C=c1/c(NC2CCN(Cc3ccccc3[N+](=O)[O-])C2)ccc/c1=C/C.